The van der Waals surface area contributed by atoms with Crippen molar-refractivity contribution >= 4 is 50.5 Å². The second-order valence-electron chi connectivity index (χ2n) is 5.22. The minimum Gasteiger partial charge on any atom is -0.324 e. The van der Waals surface area contributed by atoms with Crippen LogP contribution in [0.15, 0.2) is 42.5 Å². The number of amides is 1. The van der Waals surface area contributed by atoms with Crippen molar-refractivity contribution in [1.82, 2.24) is 0 Å². The molecule has 2 aromatic rings. The standard InChI is InChI=1S/C16H16Cl2N2O3S/c1-20(24(2,22)23)12-8-6-11(7-9-12)10-15(21)19-14-5-3-4-13(17)16(14)18/h3-9H,10H2,1-2H3,(H,19,21). The van der Waals surface area contributed by atoms with Crippen molar-refractivity contribution in [2.24, 2.45) is 0 Å². The van der Waals surface area contributed by atoms with Crippen molar-refractivity contribution in [3.8, 4) is 0 Å². The Bertz CT molecular complexity index is 852. The molecule has 1 N–H and O–H groups in total. The highest BCUT2D eigenvalue weighted by Gasteiger charge is 2.12. The maximum Gasteiger partial charge on any atom is 0.231 e. The van der Waals surface area contributed by atoms with Gasteiger partial charge in [-0.05, 0) is 29.8 Å². The van der Waals surface area contributed by atoms with E-state index in [0.29, 0.717) is 16.4 Å². The number of rotatable bonds is 5. The van der Waals surface area contributed by atoms with Crippen LogP contribution in [0.2, 0.25) is 10.0 Å². The largest absolute Gasteiger partial charge is 0.324 e. The van der Waals surface area contributed by atoms with Crippen molar-refractivity contribution in [2.75, 3.05) is 22.9 Å². The average Bonchev–Trinajstić information content (AvgIpc) is 2.51. The van der Waals surface area contributed by atoms with Crippen LogP contribution in [0.25, 0.3) is 0 Å². The normalized spacial score (nSPS) is 11.2. The van der Waals surface area contributed by atoms with Gasteiger partial charge < -0.3 is 5.32 Å². The summed E-state index contributed by atoms with van der Waals surface area (Å²) in [5, 5.41) is 3.35. The molecule has 0 aliphatic carbocycles. The zero-order chi connectivity index (χ0) is 17.9. The van der Waals surface area contributed by atoms with E-state index < -0.39 is 10.0 Å². The summed E-state index contributed by atoms with van der Waals surface area (Å²) < 4.78 is 24.2. The van der Waals surface area contributed by atoms with Gasteiger partial charge in [0.15, 0.2) is 0 Å². The number of hydrogen-bond donors (Lipinski definition) is 1. The van der Waals surface area contributed by atoms with Crippen LogP contribution in [-0.4, -0.2) is 27.6 Å². The Morgan fingerprint density at radius 2 is 1.75 bits per heavy atom. The van der Waals surface area contributed by atoms with Gasteiger partial charge in [0.25, 0.3) is 0 Å². The maximum absolute atomic E-state index is 12.1. The van der Waals surface area contributed by atoms with Gasteiger partial charge in [-0.25, -0.2) is 8.42 Å². The second-order valence-corrected chi connectivity index (χ2v) is 8.02. The van der Waals surface area contributed by atoms with Crippen molar-refractivity contribution in [2.45, 2.75) is 6.42 Å². The minimum absolute atomic E-state index is 0.131. The van der Waals surface area contributed by atoms with E-state index in [0.717, 1.165) is 11.8 Å². The Balaban J connectivity index is 2.06. The van der Waals surface area contributed by atoms with Gasteiger partial charge in [0.05, 0.1) is 34.1 Å². The zero-order valence-electron chi connectivity index (χ0n) is 13.1. The summed E-state index contributed by atoms with van der Waals surface area (Å²) in [5.74, 6) is -0.247. The van der Waals surface area contributed by atoms with Crippen molar-refractivity contribution < 1.29 is 13.2 Å². The highest BCUT2D eigenvalue weighted by Crippen LogP contribution is 2.29. The summed E-state index contributed by atoms with van der Waals surface area (Å²) in [6.07, 6.45) is 1.26. The van der Waals surface area contributed by atoms with Crippen LogP contribution in [0, 0.1) is 0 Å². The Hall–Kier alpha value is -1.76. The van der Waals surface area contributed by atoms with E-state index in [-0.39, 0.29) is 17.4 Å². The Morgan fingerprint density at radius 1 is 1.12 bits per heavy atom. The summed E-state index contributed by atoms with van der Waals surface area (Å²) in [5.41, 5.74) is 1.72. The fourth-order valence-electron chi connectivity index (χ4n) is 2.00. The van der Waals surface area contributed by atoms with E-state index in [2.05, 4.69) is 5.32 Å². The van der Waals surface area contributed by atoms with Crippen LogP contribution in [0.5, 0.6) is 0 Å². The Kier molecular flexibility index (Phi) is 5.74. The summed E-state index contributed by atoms with van der Waals surface area (Å²) in [4.78, 5) is 12.1. The quantitative estimate of drug-likeness (QED) is 0.853. The zero-order valence-corrected chi connectivity index (χ0v) is 15.4. The van der Waals surface area contributed by atoms with Gasteiger partial charge in [-0.2, -0.15) is 0 Å². The lowest BCUT2D eigenvalue weighted by atomic mass is 10.1. The van der Waals surface area contributed by atoms with Crippen LogP contribution in [0.4, 0.5) is 11.4 Å². The third kappa shape index (κ3) is 4.63. The van der Waals surface area contributed by atoms with Crippen LogP contribution in [0.1, 0.15) is 5.56 Å². The predicted molar refractivity (Wildman–Crippen MR) is 98.5 cm³/mol. The molecule has 0 aliphatic rings. The smallest absolute Gasteiger partial charge is 0.231 e. The molecule has 0 atom stereocenters. The first kappa shape index (κ1) is 18.6. The average molecular weight is 387 g/mol. The third-order valence-corrected chi connectivity index (χ3v) is 5.41. The maximum atomic E-state index is 12.1. The molecule has 8 heteroatoms. The second kappa shape index (κ2) is 7.42. The first-order valence-electron chi connectivity index (χ1n) is 6.95. The molecule has 2 rings (SSSR count). The number of nitrogens with zero attached hydrogens (tertiary/aromatic N) is 1. The molecule has 128 valence electrons. The van der Waals surface area contributed by atoms with Gasteiger partial charge in [0, 0.05) is 7.05 Å². The fourth-order valence-corrected chi connectivity index (χ4v) is 2.85. The van der Waals surface area contributed by atoms with Gasteiger partial charge in [0.1, 0.15) is 0 Å². The lowest BCUT2D eigenvalue weighted by Gasteiger charge is -2.16. The van der Waals surface area contributed by atoms with Crippen molar-refractivity contribution in [1.29, 1.82) is 0 Å². The molecule has 1 amide bonds. The van der Waals surface area contributed by atoms with E-state index in [1.807, 2.05) is 0 Å². The van der Waals surface area contributed by atoms with E-state index in [9.17, 15) is 13.2 Å². The van der Waals surface area contributed by atoms with E-state index >= 15 is 0 Å². The highest BCUT2D eigenvalue weighted by molar-refractivity contribution is 7.92. The summed E-state index contributed by atoms with van der Waals surface area (Å²) in [6.45, 7) is 0. The molecule has 24 heavy (non-hydrogen) atoms. The molecule has 5 nitrogen and oxygen atoms in total. The minimum atomic E-state index is -3.31. The molecular formula is C16H16Cl2N2O3S. The van der Waals surface area contributed by atoms with Gasteiger partial charge >= 0.3 is 0 Å². The number of halogens is 2. The first-order valence-corrected chi connectivity index (χ1v) is 9.55. The van der Waals surface area contributed by atoms with E-state index in [4.69, 9.17) is 23.2 Å². The number of sulfonamides is 1. The number of nitrogens with one attached hydrogen (secondary N) is 1. The molecule has 2 aromatic carbocycles. The number of anilines is 2. The molecule has 0 saturated carbocycles. The molecule has 0 aromatic heterocycles. The van der Waals surface area contributed by atoms with Gasteiger partial charge in [-0.15, -0.1) is 0 Å². The number of carbonyl (C=O) groups excluding carboxylic acids is 1. The van der Waals surface area contributed by atoms with Crippen LogP contribution >= 0.6 is 23.2 Å². The molecule has 0 bridgehead atoms. The SMILES string of the molecule is CN(c1ccc(CC(=O)Nc2cccc(Cl)c2Cl)cc1)S(C)(=O)=O. The molecular weight excluding hydrogens is 371 g/mol. The molecule has 0 fully saturated rings. The van der Waals surface area contributed by atoms with Crippen LogP contribution in [-0.2, 0) is 21.2 Å². The van der Waals surface area contributed by atoms with Crippen molar-refractivity contribution in [3.63, 3.8) is 0 Å². The van der Waals surface area contributed by atoms with E-state index in [1.54, 1.807) is 42.5 Å². The molecule has 0 heterocycles. The third-order valence-electron chi connectivity index (χ3n) is 3.39. The van der Waals surface area contributed by atoms with Gasteiger partial charge in [-0.3, -0.25) is 9.10 Å². The fraction of sp³-hybridized carbons (Fsp3) is 0.188. The first-order chi connectivity index (χ1) is 11.2. The summed E-state index contributed by atoms with van der Waals surface area (Å²) >= 11 is 11.9. The number of hydrogen-bond acceptors (Lipinski definition) is 3. The Labute approximate surface area is 151 Å². The molecule has 0 aliphatic heterocycles. The van der Waals surface area contributed by atoms with Gasteiger partial charge in [0.2, 0.25) is 15.9 Å². The van der Waals surface area contributed by atoms with Gasteiger partial charge in [-0.1, -0.05) is 41.4 Å². The lowest BCUT2D eigenvalue weighted by molar-refractivity contribution is -0.115. The van der Waals surface area contributed by atoms with Crippen LogP contribution < -0.4 is 9.62 Å². The summed E-state index contributed by atoms with van der Waals surface area (Å²) in [6, 6.07) is 11.7. The molecule has 0 unspecified atom stereocenters. The van der Waals surface area contributed by atoms with Crippen molar-refractivity contribution in [3.05, 3.63) is 58.1 Å². The lowest BCUT2D eigenvalue weighted by Crippen LogP contribution is -2.24. The van der Waals surface area contributed by atoms with E-state index in [1.165, 1.54) is 11.4 Å². The summed E-state index contributed by atoms with van der Waals surface area (Å²) in [7, 11) is -1.84. The molecule has 0 radical (unpaired) electrons. The predicted octanol–water partition coefficient (Wildman–Crippen LogP) is 3.57. The number of carbonyl (C=O) groups is 1. The monoisotopic (exact) mass is 386 g/mol. The topological polar surface area (TPSA) is 66.5 Å². The highest BCUT2D eigenvalue weighted by atomic mass is 35.5. The molecule has 0 saturated heterocycles. The Morgan fingerprint density at radius 3 is 2.33 bits per heavy atom. The number of benzene rings is 2. The van der Waals surface area contributed by atoms with Crippen LogP contribution in [0.3, 0.4) is 0 Å². The molecule has 0 spiro atoms.